The van der Waals surface area contributed by atoms with Gasteiger partial charge in [-0.3, -0.25) is 15.1 Å². The van der Waals surface area contributed by atoms with E-state index in [0.717, 1.165) is 21.3 Å². The summed E-state index contributed by atoms with van der Waals surface area (Å²) in [5.74, 6) is 0.521. The van der Waals surface area contributed by atoms with Crippen LogP contribution in [-0.4, -0.2) is 26.8 Å². The maximum absolute atomic E-state index is 12.5. The maximum Gasteiger partial charge on any atom is 0.259 e. The fourth-order valence-corrected chi connectivity index (χ4v) is 3.69. The highest BCUT2D eigenvalue weighted by Gasteiger charge is 2.14. The van der Waals surface area contributed by atoms with E-state index in [-0.39, 0.29) is 5.91 Å². The number of nitrogens with one attached hydrogen (secondary N) is 1. The van der Waals surface area contributed by atoms with Crippen molar-refractivity contribution in [1.29, 1.82) is 0 Å². The first-order valence-electron chi connectivity index (χ1n) is 7.59. The van der Waals surface area contributed by atoms with Crippen molar-refractivity contribution in [1.82, 2.24) is 15.2 Å². The minimum atomic E-state index is -0.235. The topological polar surface area (TPSA) is 67.8 Å². The molecule has 2 heterocycles. The Kier molecular flexibility index (Phi) is 5.57. The summed E-state index contributed by atoms with van der Waals surface area (Å²) in [6.07, 6.45) is 1.80. The third kappa shape index (κ3) is 4.32. The zero-order valence-electron chi connectivity index (χ0n) is 13.6. The lowest BCUT2D eigenvalue weighted by Gasteiger charge is -2.07. The Bertz CT molecular complexity index is 893. The third-order valence-electron chi connectivity index (χ3n) is 3.35. The van der Waals surface area contributed by atoms with Gasteiger partial charge < -0.3 is 0 Å². The molecule has 7 heteroatoms. The van der Waals surface area contributed by atoms with E-state index < -0.39 is 0 Å². The van der Waals surface area contributed by atoms with Crippen LogP contribution < -0.4 is 5.32 Å². The van der Waals surface area contributed by atoms with Gasteiger partial charge in [0, 0.05) is 11.3 Å². The molecule has 0 saturated carbocycles. The molecule has 1 N–H and O–H groups in total. The van der Waals surface area contributed by atoms with E-state index in [1.807, 2.05) is 43.3 Å². The molecule has 0 saturated heterocycles. The van der Waals surface area contributed by atoms with Crippen LogP contribution >= 0.6 is 23.1 Å². The zero-order valence-corrected chi connectivity index (χ0v) is 15.2. The predicted molar refractivity (Wildman–Crippen MR) is 103 cm³/mol. The molecule has 3 rings (SSSR count). The lowest BCUT2D eigenvalue weighted by atomic mass is 10.1. The van der Waals surface area contributed by atoms with Gasteiger partial charge in [-0.25, -0.2) is 0 Å². The van der Waals surface area contributed by atoms with Crippen molar-refractivity contribution in [2.45, 2.75) is 11.3 Å². The molecule has 0 spiro atoms. The third-order valence-corrected chi connectivity index (χ3v) is 5.32. The summed E-state index contributed by atoms with van der Waals surface area (Å²) in [7, 11) is 0. The highest BCUT2D eigenvalue weighted by atomic mass is 32.2. The Hall–Kier alpha value is -2.51. The van der Waals surface area contributed by atoms with Crippen LogP contribution in [-0.2, 0) is 0 Å². The first-order valence-corrected chi connectivity index (χ1v) is 9.39. The number of hydrogen-bond acceptors (Lipinski definition) is 6. The average Bonchev–Trinajstić information content (AvgIpc) is 3.07. The first-order chi connectivity index (χ1) is 12.2. The molecule has 1 aromatic carbocycles. The SMILES string of the molecule is C=CCSc1nnc(NC(=O)c2ccc(-c3ccccc3)nc2C)s1. The van der Waals surface area contributed by atoms with Crippen LogP contribution in [0.15, 0.2) is 59.5 Å². The largest absolute Gasteiger partial charge is 0.296 e. The molecule has 5 nitrogen and oxygen atoms in total. The Morgan fingerprint density at radius 2 is 2.04 bits per heavy atom. The predicted octanol–water partition coefficient (Wildman–Crippen LogP) is 4.44. The van der Waals surface area contributed by atoms with Crippen LogP contribution in [0.3, 0.4) is 0 Å². The second-order valence-corrected chi connectivity index (χ2v) is 7.37. The molecule has 1 amide bonds. The highest BCUT2D eigenvalue weighted by molar-refractivity contribution is 8.01. The van der Waals surface area contributed by atoms with Crippen LogP contribution in [0.2, 0.25) is 0 Å². The minimum absolute atomic E-state index is 0.235. The van der Waals surface area contributed by atoms with Crippen LogP contribution in [0.25, 0.3) is 11.3 Å². The number of aromatic nitrogens is 3. The highest BCUT2D eigenvalue weighted by Crippen LogP contribution is 2.26. The number of thioether (sulfide) groups is 1. The number of carbonyl (C=O) groups is 1. The van der Waals surface area contributed by atoms with Crippen LogP contribution in [0.1, 0.15) is 16.1 Å². The number of anilines is 1. The summed E-state index contributed by atoms with van der Waals surface area (Å²) in [5, 5.41) is 11.3. The quantitative estimate of drug-likeness (QED) is 0.396. The molecule has 0 aliphatic rings. The fourth-order valence-electron chi connectivity index (χ4n) is 2.18. The standard InChI is InChI=1S/C18H16N4OS2/c1-3-11-24-18-22-21-17(25-18)20-16(23)14-9-10-15(19-12(14)2)13-7-5-4-6-8-13/h3-10H,1,11H2,2H3,(H,20,21,23). The molecule has 2 aromatic heterocycles. The Morgan fingerprint density at radius 3 is 2.76 bits per heavy atom. The number of hydrogen-bond donors (Lipinski definition) is 1. The molecule has 0 unspecified atom stereocenters. The van der Waals surface area contributed by atoms with Gasteiger partial charge in [0.05, 0.1) is 17.0 Å². The van der Waals surface area contributed by atoms with Gasteiger partial charge >= 0.3 is 0 Å². The number of aryl methyl sites for hydroxylation is 1. The summed E-state index contributed by atoms with van der Waals surface area (Å²) < 4.78 is 0.796. The molecular weight excluding hydrogens is 352 g/mol. The van der Waals surface area contributed by atoms with Crippen LogP contribution in [0.5, 0.6) is 0 Å². The monoisotopic (exact) mass is 368 g/mol. The average molecular weight is 368 g/mol. The normalized spacial score (nSPS) is 10.4. The second kappa shape index (κ2) is 8.04. The lowest BCUT2D eigenvalue weighted by molar-refractivity contribution is 0.102. The van der Waals surface area contributed by atoms with E-state index >= 15 is 0 Å². The molecule has 0 aliphatic carbocycles. The molecule has 0 radical (unpaired) electrons. The lowest BCUT2D eigenvalue weighted by Crippen LogP contribution is -2.14. The summed E-state index contributed by atoms with van der Waals surface area (Å²) >= 11 is 2.87. The second-order valence-electron chi connectivity index (χ2n) is 5.12. The number of nitrogens with zero attached hydrogens (tertiary/aromatic N) is 3. The Morgan fingerprint density at radius 1 is 1.24 bits per heavy atom. The first kappa shape index (κ1) is 17.3. The van der Waals surface area contributed by atoms with Crippen molar-refractivity contribution in [2.75, 3.05) is 11.1 Å². The molecule has 0 fully saturated rings. The zero-order chi connectivity index (χ0) is 17.6. The van der Waals surface area contributed by atoms with Crippen molar-refractivity contribution in [3.05, 3.63) is 66.4 Å². The van der Waals surface area contributed by atoms with Gasteiger partial charge in [-0.15, -0.1) is 16.8 Å². The van der Waals surface area contributed by atoms with Gasteiger partial charge in [0.25, 0.3) is 5.91 Å². The van der Waals surface area contributed by atoms with E-state index in [9.17, 15) is 4.79 Å². The van der Waals surface area contributed by atoms with Crippen molar-refractivity contribution in [3.8, 4) is 11.3 Å². The molecular formula is C18H16N4OS2. The molecule has 0 aliphatic heterocycles. The van der Waals surface area contributed by atoms with Gasteiger partial charge in [0.1, 0.15) is 0 Å². The van der Waals surface area contributed by atoms with E-state index in [2.05, 4.69) is 27.1 Å². The number of pyridine rings is 1. The van der Waals surface area contributed by atoms with Gasteiger partial charge in [-0.05, 0) is 19.1 Å². The van der Waals surface area contributed by atoms with Crippen LogP contribution in [0, 0.1) is 6.92 Å². The summed E-state index contributed by atoms with van der Waals surface area (Å²) in [6.45, 7) is 5.49. The van der Waals surface area contributed by atoms with Crippen molar-refractivity contribution in [3.63, 3.8) is 0 Å². The van der Waals surface area contributed by atoms with Gasteiger partial charge in [-0.1, -0.05) is 59.5 Å². The fraction of sp³-hybridized carbons (Fsp3) is 0.111. The minimum Gasteiger partial charge on any atom is -0.296 e. The number of carbonyl (C=O) groups excluding carboxylic acids is 1. The summed E-state index contributed by atoms with van der Waals surface area (Å²) in [5.41, 5.74) is 3.05. The summed E-state index contributed by atoms with van der Waals surface area (Å²) in [6, 6.07) is 13.5. The van der Waals surface area contributed by atoms with E-state index in [1.54, 1.807) is 12.1 Å². The van der Waals surface area contributed by atoms with Crippen LogP contribution in [0.4, 0.5) is 5.13 Å². The summed E-state index contributed by atoms with van der Waals surface area (Å²) in [4.78, 5) is 17.0. The molecule has 0 bridgehead atoms. The Labute approximate surface area is 154 Å². The Balaban J connectivity index is 1.74. The van der Waals surface area contributed by atoms with E-state index in [0.29, 0.717) is 16.4 Å². The van der Waals surface area contributed by atoms with Crippen molar-refractivity contribution in [2.24, 2.45) is 0 Å². The van der Waals surface area contributed by atoms with Gasteiger partial charge in [0.15, 0.2) is 4.34 Å². The molecule has 126 valence electrons. The van der Waals surface area contributed by atoms with Gasteiger partial charge in [0.2, 0.25) is 5.13 Å². The number of amides is 1. The van der Waals surface area contributed by atoms with E-state index in [4.69, 9.17) is 0 Å². The maximum atomic E-state index is 12.5. The molecule has 25 heavy (non-hydrogen) atoms. The van der Waals surface area contributed by atoms with Gasteiger partial charge in [-0.2, -0.15) is 0 Å². The molecule has 0 atom stereocenters. The van der Waals surface area contributed by atoms with Crippen molar-refractivity contribution < 1.29 is 4.79 Å². The molecule has 3 aromatic rings. The number of rotatable bonds is 6. The smallest absolute Gasteiger partial charge is 0.259 e. The number of benzene rings is 1. The van der Waals surface area contributed by atoms with E-state index in [1.165, 1.54) is 23.1 Å². The van der Waals surface area contributed by atoms with Crippen molar-refractivity contribution >= 4 is 34.1 Å².